The first-order valence-corrected chi connectivity index (χ1v) is 6.33. The maximum atomic E-state index is 10.2. The van der Waals surface area contributed by atoms with Gasteiger partial charge in [0.2, 0.25) is 0 Å². The van der Waals surface area contributed by atoms with Crippen LogP contribution in [-0.2, 0) is 0 Å². The van der Waals surface area contributed by atoms with Gasteiger partial charge in [-0.2, -0.15) is 0 Å². The van der Waals surface area contributed by atoms with E-state index < -0.39 is 6.10 Å². The molecule has 2 aromatic rings. The number of hydrogen-bond donors (Lipinski definition) is 2. The Bertz CT molecular complexity index is 511. The SMILES string of the molecule is CCOc1ccc(C(O)c2ncc[nH]2)cc1OCC. The van der Waals surface area contributed by atoms with E-state index in [1.165, 1.54) is 0 Å². The van der Waals surface area contributed by atoms with Gasteiger partial charge < -0.3 is 19.6 Å². The number of nitrogens with zero attached hydrogens (tertiary/aromatic N) is 1. The molecule has 5 nitrogen and oxygen atoms in total. The van der Waals surface area contributed by atoms with E-state index in [9.17, 15) is 5.11 Å². The molecule has 0 saturated carbocycles. The van der Waals surface area contributed by atoms with Gasteiger partial charge >= 0.3 is 0 Å². The van der Waals surface area contributed by atoms with E-state index in [1.54, 1.807) is 30.6 Å². The van der Waals surface area contributed by atoms with Crippen LogP contribution in [0.3, 0.4) is 0 Å². The first kappa shape index (κ1) is 13.4. The maximum absolute atomic E-state index is 10.2. The summed E-state index contributed by atoms with van der Waals surface area (Å²) in [7, 11) is 0. The molecule has 0 fully saturated rings. The zero-order chi connectivity index (χ0) is 13.7. The molecule has 1 aromatic heterocycles. The van der Waals surface area contributed by atoms with Crippen molar-refractivity contribution in [2.45, 2.75) is 20.0 Å². The third-order valence-electron chi connectivity index (χ3n) is 2.66. The molecule has 1 unspecified atom stereocenters. The van der Waals surface area contributed by atoms with Crippen molar-refractivity contribution in [1.82, 2.24) is 9.97 Å². The molecule has 0 aliphatic heterocycles. The lowest BCUT2D eigenvalue weighted by Gasteiger charge is -2.14. The summed E-state index contributed by atoms with van der Waals surface area (Å²) in [6, 6.07) is 5.39. The number of aliphatic hydroxyl groups excluding tert-OH is 1. The number of imidazole rings is 1. The monoisotopic (exact) mass is 262 g/mol. The molecule has 0 aliphatic carbocycles. The lowest BCUT2D eigenvalue weighted by Crippen LogP contribution is -2.04. The van der Waals surface area contributed by atoms with Crippen molar-refractivity contribution in [2.24, 2.45) is 0 Å². The largest absolute Gasteiger partial charge is 0.490 e. The predicted molar refractivity (Wildman–Crippen MR) is 71.4 cm³/mol. The van der Waals surface area contributed by atoms with Crippen molar-refractivity contribution in [3.8, 4) is 11.5 Å². The van der Waals surface area contributed by atoms with E-state index in [2.05, 4.69) is 9.97 Å². The summed E-state index contributed by atoms with van der Waals surface area (Å²) in [5.74, 6) is 1.82. The number of aliphatic hydroxyl groups is 1. The normalized spacial score (nSPS) is 12.2. The second-order valence-corrected chi connectivity index (χ2v) is 3.95. The van der Waals surface area contributed by atoms with Crippen molar-refractivity contribution in [3.63, 3.8) is 0 Å². The molecule has 102 valence electrons. The standard InChI is InChI=1S/C14H18N2O3/c1-3-18-11-6-5-10(9-12(11)19-4-2)13(17)14-15-7-8-16-14/h5-9,13,17H,3-4H2,1-2H3,(H,15,16). The molecule has 0 saturated heterocycles. The molecule has 1 atom stereocenters. The third kappa shape index (κ3) is 3.06. The van der Waals surface area contributed by atoms with E-state index in [-0.39, 0.29) is 0 Å². The quantitative estimate of drug-likeness (QED) is 0.838. The van der Waals surface area contributed by atoms with Gasteiger partial charge in [-0.15, -0.1) is 0 Å². The second-order valence-electron chi connectivity index (χ2n) is 3.95. The molecule has 0 radical (unpaired) electrons. The van der Waals surface area contributed by atoms with Crippen LogP contribution in [0.5, 0.6) is 11.5 Å². The minimum atomic E-state index is -0.801. The van der Waals surface area contributed by atoms with E-state index in [1.807, 2.05) is 13.8 Å². The summed E-state index contributed by atoms with van der Waals surface area (Å²) in [5.41, 5.74) is 0.710. The lowest BCUT2D eigenvalue weighted by atomic mass is 10.1. The minimum Gasteiger partial charge on any atom is -0.490 e. The van der Waals surface area contributed by atoms with Crippen LogP contribution in [0.4, 0.5) is 0 Å². The molecule has 0 spiro atoms. The van der Waals surface area contributed by atoms with Crippen molar-refractivity contribution in [2.75, 3.05) is 13.2 Å². The van der Waals surface area contributed by atoms with Crippen molar-refractivity contribution >= 4 is 0 Å². The first-order chi connectivity index (χ1) is 9.26. The highest BCUT2D eigenvalue weighted by molar-refractivity contribution is 5.44. The summed E-state index contributed by atoms with van der Waals surface area (Å²) in [5, 5.41) is 10.2. The Morgan fingerprint density at radius 2 is 1.95 bits per heavy atom. The fourth-order valence-corrected chi connectivity index (χ4v) is 1.82. The molecular formula is C14H18N2O3. The lowest BCUT2D eigenvalue weighted by molar-refractivity contribution is 0.209. The number of nitrogens with one attached hydrogen (secondary N) is 1. The zero-order valence-electron chi connectivity index (χ0n) is 11.1. The van der Waals surface area contributed by atoms with Crippen molar-refractivity contribution in [3.05, 3.63) is 42.0 Å². The average Bonchev–Trinajstić information content (AvgIpc) is 2.94. The van der Waals surface area contributed by atoms with Crippen LogP contribution in [0.25, 0.3) is 0 Å². The Kier molecular flexibility index (Phi) is 4.41. The number of rotatable bonds is 6. The molecule has 1 heterocycles. The second kappa shape index (κ2) is 6.24. The summed E-state index contributed by atoms with van der Waals surface area (Å²) in [4.78, 5) is 6.94. The molecule has 0 bridgehead atoms. The Hall–Kier alpha value is -2.01. The number of ether oxygens (including phenoxy) is 2. The van der Waals surface area contributed by atoms with Crippen molar-refractivity contribution < 1.29 is 14.6 Å². The molecule has 1 aromatic carbocycles. The highest BCUT2D eigenvalue weighted by Crippen LogP contribution is 2.31. The van der Waals surface area contributed by atoms with Crippen LogP contribution in [0.15, 0.2) is 30.6 Å². The van der Waals surface area contributed by atoms with E-state index in [0.717, 1.165) is 0 Å². The van der Waals surface area contributed by atoms with E-state index in [0.29, 0.717) is 36.1 Å². The fraction of sp³-hybridized carbons (Fsp3) is 0.357. The summed E-state index contributed by atoms with van der Waals surface area (Å²) in [6.07, 6.45) is 2.48. The Morgan fingerprint density at radius 3 is 2.58 bits per heavy atom. The number of hydrogen-bond acceptors (Lipinski definition) is 4. The van der Waals surface area contributed by atoms with E-state index in [4.69, 9.17) is 9.47 Å². The van der Waals surface area contributed by atoms with Gasteiger partial charge in [0.15, 0.2) is 11.5 Å². The fourth-order valence-electron chi connectivity index (χ4n) is 1.82. The van der Waals surface area contributed by atoms with Gasteiger partial charge in [0.25, 0.3) is 0 Å². The number of H-pyrrole nitrogens is 1. The molecule has 19 heavy (non-hydrogen) atoms. The molecule has 0 aliphatic rings. The summed E-state index contributed by atoms with van der Waals surface area (Å²) in [6.45, 7) is 4.94. The van der Waals surface area contributed by atoms with Gasteiger partial charge in [0.1, 0.15) is 11.9 Å². The van der Waals surface area contributed by atoms with Crippen LogP contribution in [-0.4, -0.2) is 28.3 Å². The topological polar surface area (TPSA) is 67.4 Å². The maximum Gasteiger partial charge on any atom is 0.161 e. The Balaban J connectivity index is 2.29. The number of aromatic amines is 1. The van der Waals surface area contributed by atoms with Crippen LogP contribution >= 0.6 is 0 Å². The predicted octanol–water partition coefficient (Wildman–Crippen LogP) is 2.29. The van der Waals surface area contributed by atoms with Crippen LogP contribution in [0.1, 0.15) is 31.3 Å². The van der Waals surface area contributed by atoms with Crippen LogP contribution in [0, 0.1) is 0 Å². The van der Waals surface area contributed by atoms with Gasteiger partial charge in [-0.3, -0.25) is 0 Å². The van der Waals surface area contributed by atoms with Gasteiger partial charge in [-0.05, 0) is 31.5 Å². The zero-order valence-corrected chi connectivity index (χ0v) is 11.1. The van der Waals surface area contributed by atoms with Gasteiger partial charge in [-0.25, -0.2) is 4.98 Å². The molecular weight excluding hydrogens is 244 g/mol. The molecule has 0 amide bonds. The Labute approximate surface area is 112 Å². The van der Waals surface area contributed by atoms with Crippen LogP contribution in [0.2, 0.25) is 0 Å². The smallest absolute Gasteiger partial charge is 0.161 e. The first-order valence-electron chi connectivity index (χ1n) is 6.33. The molecule has 2 rings (SSSR count). The van der Waals surface area contributed by atoms with Gasteiger partial charge in [0, 0.05) is 12.4 Å². The number of benzene rings is 1. The van der Waals surface area contributed by atoms with Gasteiger partial charge in [-0.1, -0.05) is 6.07 Å². The van der Waals surface area contributed by atoms with Crippen molar-refractivity contribution in [1.29, 1.82) is 0 Å². The Morgan fingerprint density at radius 1 is 1.21 bits per heavy atom. The number of aromatic nitrogens is 2. The van der Waals surface area contributed by atoms with Crippen LogP contribution < -0.4 is 9.47 Å². The van der Waals surface area contributed by atoms with Gasteiger partial charge in [0.05, 0.1) is 13.2 Å². The summed E-state index contributed by atoms with van der Waals surface area (Å²) >= 11 is 0. The van der Waals surface area contributed by atoms with E-state index >= 15 is 0 Å². The summed E-state index contributed by atoms with van der Waals surface area (Å²) < 4.78 is 11.0. The minimum absolute atomic E-state index is 0.506. The molecule has 5 heteroatoms. The highest BCUT2D eigenvalue weighted by atomic mass is 16.5. The highest BCUT2D eigenvalue weighted by Gasteiger charge is 2.15. The average molecular weight is 262 g/mol. The third-order valence-corrected chi connectivity index (χ3v) is 2.66. The molecule has 2 N–H and O–H groups in total.